The minimum Gasteiger partial charge on any atom is -0.352 e. The first-order valence-corrected chi connectivity index (χ1v) is 8.27. The van der Waals surface area contributed by atoms with Crippen LogP contribution in [0.15, 0.2) is 29.3 Å². The molecule has 1 aromatic heterocycles. The Bertz CT molecular complexity index is 737. The number of unbranched alkanes of at least 4 members (excludes halogenated alkanes) is 2. The number of para-hydroxylation sites is 1. The molecule has 0 aliphatic rings. The van der Waals surface area contributed by atoms with Gasteiger partial charge in [0.2, 0.25) is 5.91 Å². The van der Waals surface area contributed by atoms with Crippen molar-refractivity contribution >= 4 is 16.8 Å². The van der Waals surface area contributed by atoms with Crippen molar-refractivity contribution in [3.8, 4) is 0 Å². The van der Waals surface area contributed by atoms with Gasteiger partial charge in [-0.1, -0.05) is 38.3 Å². The largest absolute Gasteiger partial charge is 0.352 e. The Labute approximate surface area is 136 Å². The van der Waals surface area contributed by atoms with E-state index in [-0.39, 0.29) is 24.1 Å². The fraction of sp³-hybridized carbons (Fsp3) is 0.500. The first kappa shape index (κ1) is 17.2. The van der Waals surface area contributed by atoms with E-state index in [9.17, 15) is 9.59 Å². The Kier molecular flexibility index (Phi) is 5.90. The highest BCUT2D eigenvalue weighted by molar-refractivity contribution is 5.81. The van der Waals surface area contributed by atoms with Crippen LogP contribution in [0.5, 0.6) is 0 Å². The SMILES string of the molecule is CCCCCC(C)NC(=O)Cn1cnc2c(C)cccc2c1=O. The number of aromatic nitrogens is 2. The molecular weight excluding hydrogens is 290 g/mol. The zero-order valence-corrected chi connectivity index (χ0v) is 14.1. The van der Waals surface area contributed by atoms with Crippen molar-refractivity contribution < 1.29 is 4.79 Å². The second-order valence-corrected chi connectivity index (χ2v) is 6.11. The van der Waals surface area contributed by atoms with Gasteiger partial charge in [0.1, 0.15) is 6.54 Å². The summed E-state index contributed by atoms with van der Waals surface area (Å²) in [5.41, 5.74) is 1.48. The van der Waals surface area contributed by atoms with Crippen molar-refractivity contribution in [2.24, 2.45) is 0 Å². The van der Waals surface area contributed by atoms with E-state index in [2.05, 4.69) is 17.2 Å². The van der Waals surface area contributed by atoms with Gasteiger partial charge in [-0.15, -0.1) is 0 Å². The Balaban J connectivity index is 2.05. The summed E-state index contributed by atoms with van der Waals surface area (Å²) in [6.45, 7) is 6.08. The van der Waals surface area contributed by atoms with Crippen LogP contribution in [0.2, 0.25) is 0 Å². The van der Waals surface area contributed by atoms with Crippen molar-refractivity contribution in [3.63, 3.8) is 0 Å². The van der Waals surface area contributed by atoms with E-state index in [4.69, 9.17) is 0 Å². The number of hydrogen-bond donors (Lipinski definition) is 1. The predicted octanol–water partition coefficient (Wildman–Crippen LogP) is 2.79. The molecular formula is C18H25N3O2. The average molecular weight is 315 g/mol. The minimum atomic E-state index is -0.174. The predicted molar refractivity (Wildman–Crippen MR) is 92.5 cm³/mol. The van der Waals surface area contributed by atoms with Gasteiger partial charge in [0.25, 0.3) is 5.56 Å². The summed E-state index contributed by atoms with van der Waals surface area (Å²) in [7, 11) is 0. The molecule has 1 aromatic carbocycles. The van der Waals surface area contributed by atoms with Crippen LogP contribution in [0.3, 0.4) is 0 Å². The highest BCUT2D eigenvalue weighted by Gasteiger charge is 2.11. The van der Waals surface area contributed by atoms with Gasteiger partial charge < -0.3 is 5.32 Å². The molecule has 2 rings (SSSR count). The summed E-state index contributed by atoms with van der Waals surface area (Å²) in [5.74, 6) is -0.148. The Morgan fingerprint density at radius 2 is 2.13 bits per heavy atom. The molecule has 0 radical (unpaired) electrons. The zero-order valence-electron chi connectivity index (χ0n) is 14.1. The molecule has 1 heterocycles. The highest BCUT2D eigenvalue weighted by atomic mass is 16.2. The van der Waals surface area contributed by atoms with Crippen LogP contribution in [0, 0.1) is 6.92 Å². The van der Waals surface area contributed by atoms with Crippen LogP contribution < -0.4 is 10.9 Å². The third-order valence-electron chi connectivity index (χ3n) is 4.02. The third-order valence-corrected chi connectivity index (χ3v) is 4.02. The van der Waals surface area contributed by atoms with Crippen LogP contribution >= 0.6 is 0 Å². The van der Waals surface area contributed by atoms with E-state index < -0.39 is 0 Å². The molecule has 1 atom stereocenters. The molecule has 0 saturated carbocycles. The van der Waals surface area contributed by atoms with Gasteiger partial charge in [0.15, 0.2) is 0 Å². The van der Waals surface area contributed by atoms with Crippen LogP contribution in [0.25, 0.3) is 10.9 Å². The Morgan fingerprint density at radius 3 is 2.87 bits per heavy atom. The molecule has 5 nitrogen and oxygen atoms in total. The molecule has 1 N–H and O–H groups in total. The maximum atomic E-state index is 12.5. The molecule has 124 valence electrons. The molecule has 0 saturated heterocycles. The van der Waals surface area contributed by atoms with Gasteiger partial charge >= 0.3 is 0 Å². The third kappa shape index (κ3) is 4.41. The number of rotatable bonds is 7. The van der Waals surface area contributed by atoms with E-state index in [0.29, 0.717) is 10.9 Å². The van der Waals surface area contributed by atoms with Crippen LogP contribution in [-0.2, 0) is 11.3 Å². The lowest BCUT2D eigenvalue weighted by atomic mass is 10.1. The van der Waals surface area contributed by atoms with Gasteiger partial charge in [0, 0.05) is 6.04 Å². The quantitative estimate of drug-likeness (QED) is 0.799. The Hall–Kier alpha value is -2.17. The fourth-order valence-corrected chi connectivity index (χ4v) is 2.70. The number of carbonyl (C=O) groups excluding carboxylic acids is 1. The molecule has 2 aromatic rings. The molecule has 5 heteroatoms. The summed E-state index contributed by atoms with van der Waals surface area (Å²) in [6, 6.07) is 5.63. The van der Waals surface area contributed by atoms with E-state index in [1.165, 1.54) is 17.3 Å². The van der Waals surface area contributed by atoms with Gasteiger partial charge in [-0.05, 0) is 31.9 Å². The van der Waals surface area contributed by atoms with E-state index >= 15 is 0 Å². The van der Waals surface area contributed by atoms with Crippen molar-refractivity contribution in [1.29, 1.82) is 0 Å². The summed E-state index contributed by atoms with van der Waals surface area (Å²) >= 11 is 0. The topological polar surface area (TPSA) is 64.0 Å². The van der Waals surface area contributed by atoms with Gasteiger partial charge in [-0.3, -0.25) is 14.2 Å². The fourth-order valence-electron chi connectivity index (χ4n) is 2.70. The normalized spacial score (nSPS) is 12.3. The van der Waals surface area contributed by atoms with Gasteiger partial charge in [-0.2, -0.15) is 0 Å². The van der Waals surface area contributed by atoms with Crippen LogP contribution in [-0.4, -0.2) is 21.5 Å². The van der Waals surface area contributed by atoms with E-state index in [0.717, 1.165) is 24.8 Å². The molecule has 0 bridgehead atoms. The number of fused-ring (bicyclic) bond motifs is 1. The first-order chi connectivity index (χ1) is 11.0. The van der Waals surface area contributed by atoms with Crippen LogP contribution in [0.4, 0.5) is 0 Å². The second-order valence-electron chi connectivity index (χ2n) is 6.11. The maximum Gasteiger partial charge on any atom is 0.261 e. The number of hydrogen-bond acceptors (Lipinski definition) is 3. The maximum absolute atomic E-state index is 12.5. The second kappa shape index (κ2) is 7.90. The summed E-state index contributed by atoms with van der Waals surface area (Å²) in [5, 5.41) is 3.50. The molecule has 1 unspecified atom stereocenters. The molecule has 0 spiro atoms. The van der Waals surface area contributed by atoms with Crippen molar-refractivity contribution in [1.82, 2.24) is 14.9 Å². The minimum absolute atomic E-state index is 0.00777. The molecule has 0 aliphatic carbocycles. The highest BCUT2D eigenvalue weighted by Crippen LogP contribution is 2.11. The smallest absolute Gasteiger partial charge is 0.261 e. The number of amides is 1. The molecule has 0 fully saturated rings. The molecule has 0 aliphatic heterocycles. The van der Waals surface area contributed by atoms with Crippen molar-refractivity contribution in [2.75, 3.05) is 0 Å². The standard InChI is InChI=1S/C18H25N3O2/c1-4-5-6-9-14(3)20-16(22)11-21-12-19-17-13(2)8-7-10-15(17)18(21)23/h7-8,10,12,14H,4-6,9,11H2,1-3H3,(H,20,22). The summed E-state index contributed by atoms with van der Waals surface area (Å²) < 4.78 is 1.37. The zero-order chi connectivity index (χ0) is 16.8. The summed E-state index contributed by atoms with van der Waals surface area (Å²) in [4.78, 5) is 28.9. The van der Waals surface area contributed by atoms with Gasteiger partial charge in [0.05, 0.1) is 17.2 Å². The first-order valence-electron chi connectivity index (χ1n) is 8.27. The number of carbonyl (C=O) groups is 1. The van der Waals surface area contributed by atoms with Crippen molar-refractivity contribution in [3.05, 3.63) is 40.4 Å². The van der Waals surface area contributed by atoms with Crippen LogP contribution in [0.1, 0.15) is 45.1 Å². The molecule has 23 heavy (non-hydrogen) atoms. The lowest BCUT2D eigenvalue weighted by Gasteiger charge is -2.14. The monoisotopic (exact) mass is 315 g/mol. The van der Waals surface area contributed by atoms with E-state index in [1.54, 1.807) is 6.07 Å². The summed E-state index contributed by atoms with van der Waals surface area (Å²) in [6.07, 6.45) is 5.86. The lowest BCUT2D eigenvalue weighted by molar-refractivity contribution is -0.122. The number of nitrogens with one attached hydrogen (secondary N) is 1. The average Bonchev–Trinajstić information content (AvgIpc) is 2.51. The lowest BCUT2D eigenvalue weighted by Crippen LogP contribution is -2.37. The number of nitrogens with zero attached hydrogens (tertiary/aromatic N) is 2. The number of benzene rings is 1. The number of aryl methyl sites for hydroxylation is 1. The van der Waals surface area contributed by atoms with Gasteiger partial charge in [-0.25, -0.2) is 4.98 Å². The van der Waals surface area contributed by atoms with E-state index in [1.807, 2.05) is 26.0 Å². The Morgan fingerprint density at radius 1 is 1.35 bits per heavy atom. The molecule has 1 amide bonds. The van der Waals surface area contributed by atoms with Crippen molar-refractivity contribution in [2.45, 2.75) is 59.0 Å².